The van der Waals surface area contributed by atoms with Crippen LogP contribution in [0.4, 0.5) is 0 Å². The van der Waals surface area contributed by atoms with Crippen molar-refractivity contribution in [2.75, 3.05) is 19.8 Å². The molecule has 8 aliphatic rings. The quantitative estimate of drug-likeness (QED) is 0.109. The summed E-state index contributed by atoms with van der Waals surface area (Å²) in [6.45, 7) is 16.0. The second-order valence-electron chi connectivity index (χ2n) is 22.3. The van der Waals surface area contributed by atoms with Gasteiger partial charge in [-0.3, -0.25) is 4.79 Å². The molecule has 8 fully saturated rings. The first-order chi connectivity index (χ1) is 30.0. The molecule has 0 radical (unpaired) electrons. The molecule has 0 aromatic carbocycles. The van der Waals surface area contributed by atoms with E-state index in [4.69, 9.17) is 28.4 Å². The number of ether oxygens (including phenoxy) is 6. The monoisotopic (exact) mass is 913 g/mol. The van der Waals surface area contributed by atoms with Gasteiger partial charge < -0.3 is 79.5 Å². The Morgan fingerprint density at radius 2 is 1.42 bits per heavy atom. The van der Waals surface area contributed by atoms with Crippen molar-refractivity contribution in [1.82, 2.24) is 0 Å². The molecule has 17 heteroatoms. The van der Waals surface area contributed by atoms with E-state index in [1.165, 1.54) is 6.92 Å². The molecule has 0 bridgehead atoms. The summed E-state index contributed by atoms with van der Waals surface area (Å²) in [6.07, 6.45) is -14.0. The largest absolute Gasteiger partial charge is 0.481 e. The van der Waals surface area contributed by atoms with Crippen molar-refractivity contribution in [2.24, 2.45) is 56.7 Å². The highest BCUT2D eigenvalue weighted by Crippen LogP contribution is 2.77. The summed E-state index contributed by atoms with van der Waals surface area (Å²) in [4.78, 5) is 13.2. The third-order valence-electron chi connectivity index (χ3n) is 19.6. The molecular formula is C47H76O17. The highest BCUT2D eigenvalue weighted by Gasteiger charge is 2.72. The van der Waals surface area contributed by atoms with Gasteiger partial charge in [0.2, 0.25) is 0 Å². The Morgan fingerprint density at radius 1 is 0.703 bits per heavy atom. The molecule has 3 aliphatic heterocycles. The fraction of sp³-hybridized carbons (Fsp3) is 0.936. The lowest BCUT2D eigenvalue weighted by molar-refractivity contribution is -0.371. The Labute approximate surface area is 376 Å². The van der Waals surface area contributed by atoms with E-state index < -0.39 is 116 Å². The summed E-state index contributed by atoms with van der Waals surface area (Å²) in [5.74, 6) is 0.131. The molecule has 8 rings (SSSR count). The van der Waals surface area contributed by atoms with E-state index in [0.29, 0.717) is 25.2 Å². The van der Waals surface area contributed by atoms with Crippen molar-refractivity contribution in [3.05, 3.63) is 12.2 Å². The van der Waals surface area contributed by atoms with Crippen LogP contribution >= 0.6 is 0 Å². The summed E-state index contributed by atoms with van der Waals surface area (Å²) in [6, 6.07) is 0. The average molecular weight is 913 g/mol. The Kier molecular flexibility index (Phi) is 13.4. The molecule has 366 valence electrons. The van der Waals surface area contributed by atoms with E-state index in [9.17, 15) is 55.9 Å². The van der Waals surface area contributed by atoms with Gasteiger partial charge in [0.05, 0.1) is 37.4 Å². The maximum Gasteiger partial charge on any atom is 0.309 e. The Hall–Kier alpha value is -1.39. The Morgan fingerprint density at radius 3 is 2.08 bits per heavy atom. The number of aliphatic carboxylic acids is 1. The van der Waals surface area contributed by atoms with Gasteiger partial charge in [-0.1, -0.05) is 39.8 Å². The van der Waals surface area contributed by atoms with Crippen molar-refractivity contribution in [3.8, 4) is 0 Å². The van der Waals surface area contributed by atoms with Gasteiger partial charge in [-0.2, -0.15) is 0 Å². The number of rotatable bonds is 10. The molecule has 0 amide bonds. The van der Waals surface area contributed by atoms with Gasteiger partial charge in [0.15, 0.2) is 18.9 Å². The molecule has 10 N–H and O–H groups in total. The van der Waals surface area contributed by atoms with Crippen LogP contribution in [0.25, 0.3) is 0 Å². The number of hydrogen-bond donors (Lipinski definition) is 10. The SMILES string of the molecule is C=C(C)C1CCC2(C(=O)O)CCC3(C)C(CCC4C5(C)CCC(OC6OCC(OC7OC(CO)C(O)C(O)C7O)C(O)C6OC6C(O)C(C)OC(O)C6O)C(C)(CO)C5CCC43C)C12. The van der Waals surface area contributed by atoms with Crippen molar-refractivity contribution in [3.63, 3.8) is 0 Å². The molecule has 3 saturated heterocycles. The van der Waals surface area contributed by atoms with Crippen LogP contribution in [0.3, 0.4) is 0 Å². The first-order valence-corrected chi connectivity index (χ1v) is 23.8. The van der Waals surface area contributed by atoms with Gasteiger partial charge in [-0.25, -0.2) is 0 Å². The van der Waals surface area contributed by atoms with Crippen LogP contribution in [0.2, 0.25) is 0 Å². The van der Waals surface area contributed by atoms with Crippen molar-refractivity contribution < 1.29 is 84.3 Å². The van der Waals surface area contributed by atoms with Crippen LogP contribution in [-0.4, -0.2) is 169 Å². The fourth-order valence-electron chi connectivity index (χ4n) is 15.7. The van der Waals surface area contributed by atoms with E-state index >= 15 is 0 Å². The number of hydrogen-bond acceptors (Lipinski definition) is 16. The topological polar surface area (TPSA) is 275 Å². The van der Waals surface area contributed by atoms with Gasteiger partial charge in [0.25, 0.3) is 0 Å². The molecular weight excluding hydrogens is 836 g/mol. The predicted octanol–water partition coefficient (Wildman–Crippen LogP) is 1.20. The summed E-state index contributed by atoms with van der Waals surface area (Å²) in [5.41, 5.74) is -0.828. The normalized spacial score (nSPS) is 56.3. The van der Waals surface area contributed by atoms with E-state index in [2.05, 4.69) is 34.3 Å². The number of carboxylic acid groups (broad SMARTS) is 1. The fourth-order valence-corrected chi connectivity index (χ4v) is 15.7. The van der Waals surface area contributed by atoms with Crippen LogP contribution in [0.5, 0.6) is 0 Å². The maximum atomic E-state index is 13.2. The number of fused-ring (bicyclic) bond motifs is 7. The van der Waals surface area contributed by atoms with Gasteiger partial charge >= 0.3 is 5.97 Å². The molecule has 5 aliphatic carbocycles. The van der Waals surface area contributed by atoms with Crippen molar-refractivity contribution >= 4 is 5.97 Å². The summed E-state index contributed by atoms with van der Waals surface area (Å²) in [7, 11) is 0. The second kappa shape index (κ2) is 17.5. The van der Waals surface area contributed by atoms with Gasteiger partial charge in [-0.05, 0) is 124 Å². The minimum absolute atomic E-state index is 0.00334. The minimum atomic E-state index is -1.78. The minimum Gasteiger partial charge on any atom is -0.481 e. The molecule has 25 atom stereocenters. The number of aliphatic hydroxyl groups is 9. The Bertz CT molecular complexity index is 1700. The third kappa shape index (κ3) is 7.31. The smallest absolute Gasteiger partial charge is 0.309 e. The van der Waals surface area contributed by atoms with Crippen LogP contribution in [0.1, 0.15) is 106 Å². The standard InChI is InChI=1S/C47H76O17/c1-21(2)23-10-15-47(42(57)58)17-16-45(6)24(30(23)47)8-9-28-43(4)13-12-29(44(5,20-49)27(43)11-14-46(28,45)7)63-41-38(64-37-31(50)22(3)60-39(56)36(37)55)33(52)26(19-59-41)62-40-35(54)34(53)32(51)25(18-48)61-40/h22-41,48-56H,1,8-20H2,2-7H3,(H,57,58). The Balaban J connectivity index is 1.05. The summed E-state index contributed by atoms with van der Waals surface area (Å²) >= 11 is 0. The third-order valence-corrected chi connectivity index (χ3v) is 19.6. The van der Waals surface area contributed by atoms with Gasteiger partial charge in [-0.15, -0.1) is 0 Å². The van der Waals surface area contributed by atoms with Crippen molar-refractivity contribution in [2.45, 2.75) is 198 Å². The molecule has 64 heavy (non-hydrogen) atoms. The molecule has 0 aromatic rings. The highest BCUT2D eigenvalue weighted by atomic mass is 16.7. The zero-order chi connectivity index (χ0) is 46.6. The van der Waals surface area contributed by atoms with E-state index in [-0.39, 0.29) is 53.1 Å². The molecule has 17 nitrogen and oxygen atoms in total. The second-order valence-corrected chi connectivity index (χ2v) is 22.3. The zero-order valence-electron chi connectivity index (χ0n) is 38.3. The van der Waals surface area contributed by atoms with E-state index in [1.807, 2.05) is 6.92 Å². The van der Waals surface area contributed by atoms with Crippen LogP contribution in [-0.2, 0) is 33.2 Å². The average Bonchev–Trinajstić information content (AvgIpc) is 3.66. The van der Waals surface area contributed by atoms with Crippen LogP contribution < -0.4 is 0 Å². The summed E-state index contributed by atoms with van der Waals surface area (Å²) < 4.78 is 36.2. The van der Waals surface area contributed by atoms with Gasteiger partial charge in [0.1, 0.15) is 61.0 Å². The predicted molar refractivity (Wildman–Crippen MR) is 225 cm³/mol. The van der Waals surface area contributed by atoms with E-state index in [1.54, 1.807) is 0 Å². The molecule has 3 heterocycles. The van der Waals surface area contributed by atoms with E-state index in [0.717, 1.165) is 50.5 Å². The number of carbonyl (C=O) groups is 1. The molecule has 25 unspecified atom stereocenters. The number of aliphatic hydroxyl groups excluding tert-OH is 9. The maximum absolute atomic E-state index is 13.2. The lowest BCUT2D eigenvalue weighted by Gasteiger charge is -2.73. The first-order valence-electron chi connectivity index (χ1n) is 23.8. The zero-order valence-corrected chi connectivity index (χ0v) is 38.3. The number of allylic oxidation sites excluding steroid dienone is 1. The molecule has 5 saturated carbocycles. The molecule has 0 aromatic heterocycles. The van der Waals surface area contributed by atoms with Crippen LogP contribution in [0.15, 0.2) is 12.2 Å². The highest BCUT2D eigenvalue weighted by molar-refractivity contribution is 5.76. The van der Waals surface area contributed by atoms with Crippen LogP contribution in [0, 0.1) is 56.7 Å². The van der Waals surface area contributed by atoms with Gasteiger partial charge in [0, 0.05) is 5.41 Å². The van der Waals surface area contributed by atoms with Crippen molar-refractivity contribution in [1.29, 1.82) is 0 Å². The first kappa shape index (κ1) is 49.0. The summed E-state index contributed by atoms with van der Waals surface area (Å²) in [5, 5.41) is 108. The number of carboxylic acids is 1. The molecule has 0 spiro atoms. The lowest BCUT2D eigenvalue weighted by Crippen LogP contribution is -2.68. The lowest BCUT2D eigenvalue weighted by atomic mass is 9.32.